The molecule has 4 aromatic rings. The van der Waals surface area contributed by atoms with E-state index >= 15 is 0 Å². The van der Waals surface area contributed by atoms with Gasteiger partial charge in [0.2, 0.25) is 5.91 Å². The predicted octanol–water partition coefficient (Wildman–Crippen LogP) is 7.56. The van der Waals surface area contributed by atoms with Gasteiger partial charge in [0.05, 0.1) is 31.2 Å². The predicted molar refractivity (Wildman–Crippen MR) is 221 cm³/mol. The number of carbonyl (C=O) groups is 3. The number of rotatable bonds is 13. The summed E-state index contributed by atoms with van der Waals surface area (Å²) >= 11 is 0. The van der Waals surface area contributed by atoms with Crippen molar-refractivity contribution < 1.29 is 46.5 Å². The van der Waals surface area contributed by atoms with Crippen molar-refractivity contribution in [3.05, 3.63) is 108 Å². The molecule has 5 rings (SSSR count). The van der Waals surface area contributed by atoms with Crippen molar-refractivity contribution >= 4 is 27.8 Å². The van der Waals surface area contributed by atoms with Crippen LogP contribution in [0.15, 0.2) is 102 Å². The lowest BCUT2D eigenvalue weighted by Crippen LogP contribution is -2.64. The number of esters is 1. The molecule has 1 heterocycles. The fourth-order valence-corrected chi connectivity index (χ4v) is 8.82. The summed E-state index contributed by atoms with van der Waals surface area (Å²) in [4.78, 5) is 43.6. The molecule has 4 aromatic carbocycles. The molecule has 1 saturated heterocycles. The third kappa shape index (κ3) is 10.3. The van der Waals surface area contributed by atoms with Crippen LogP contribution >= 0.6 is 0 Å². The van der Waals surface area contributed by atoms with E-state index in [1.54, 1.807) is 80.0 Å². The van der Waals surface area contributed by atoms with E-state index in [0.717, 1.165) is 5.56 Å². The summed E-state index contributed by atoms with van der Waals surface area (Å²) < 4.78 is 56.5. The van der Waals surface area contributed by atoms with Crippen LogP contribution in [0.1, 0.15) is 65.5 Å². The number of likely N-dealkylation sites (tertiary alicyclic amines) is 1. The Kier molecular flexibility index (Phi) is 13.5. The number of carbonyl (C=O) groups excluding carboxylic acids is 3. The van der Waals surface area contributed by atoms with Crippen molar-refractivity contribution in [2.24, 2.45) is 0 Å². The average Bonchev–Trinajstić information content (AvgIpc) is 3.19. The van der Waals surface area contributed by atoms with E-state index in [0.29, 0.717) is 33.9 Å². The van der Waals surface area contributed by atoms with Crippen LogP contribution in [-0.4, -0.2) is 80.6 Å². The molecular weight excluding hydrogens is 761 g/mol. The molecular formula is C45H54N2O10S. The molecule has 0 bridgehead atoms. The van der Waals surface area contributed by atoms with Crippen LogP contribution in [0.25, 0.3) is 11.1 Å². The van der Waals surface area contributed by atoms with Crippen molar-refractivity contribution in [1.82, 2.24) is 10.2 Å². The van der Waals surface area contributed by atoms with Gasteiger partial charge in [-0.05, 0) is 101 Å². The number of nitrogens with one attached hydrogen (secondary N) is 1. The first kappa shape index (κ1) is 43.6. The summed E-state index contributed by atoms with van der Waals surface area (Å²) in [5, 5.41) is 2.80. The largest absolute Gasteiger partial charge is 0.496 e. The van der Waals surface area contributed by atoms with Gasteiger partial charge in [0.1, 0.15) is 41.1 Å². The third-order valence-electron chi connectivity index (χ3n) is 9.53. The van der Waals surface area contributed by atoms with Crippen LogP contribution in [0.4, 0.5) is 4.79 Å². The molecule has 12 nitrogen and oxygen atoms in total. The molecule has 13 heteroatoms. The molecule has 1 aliphatic rings. The smallest absolute Gasteiger partial charge is 0.410 e. The SMILES string of the molecule is COc1cccc(OC)c1-c1ccc(C[C@H](NC(=O)C2(S(=O)(=O)c3ccccc3)CCCN(C(=O)OC(C)(C)C)C2)C(=O)OC(C)(C)C)c(OCc2ccccc2)c1. The molecule has 310 valence electrons. The first-order valence-corrected chi connectivity index (χ1v) is 20.7. The Morgan fingerprint density at radius 1 is 0.776 bits per heavy atom. The average molecular weight is 815 g/mol. The van der Waals surface area contributed by atoms with Crippen molar-refractivity contribution in [3.63, 3.8) is 0 Å². The highest BCUT2D eigenvalue weighted by Crippen LogP contribution is 2.41. The van der Waals surface area contributed by atoms with E-state index in [2.05, 4.69) is 5.32 Å². The minimum absolute atomic E-state index is 0.0936. The minimum atomic E-state index is -4.47. The normalized spacial score (nSPS) is 16.4. The van der Waals surface area contributed by atoms with Gasteiger partial charge in [-0.25, -0.2) is 18.0 Å². The van der Waals surface area contributed by atoms with E-state index in [1.807, 2.05) is 60.7 Å². The number of ether oxygens (including phenoxy) is 5. The molecule has 1 N–H and O–H groups in total. The second kappa shape index (κ2) is 17.9. The molecule has 0 radical (unpaired) electrons. The second-order valence-corrected chi connectivity index (χ2v) is 18.5. The monoisotopic (exact) mass is 814 g/mol. The lowest BCUT2D eigenvalue weighted by atomic mass is 9.94. The zero-order valence-electron chi connectivity index (χ0n) is 34.5. The van der Waals surface area contributed by atoms with Crippen molar-refractivity contribution in [2.75, 3.05) is 27.3 Å². The van der Waals surface area contributed by atoms with Crippen LogP contribution in [0.5, 0.6) is 17.2 Å². The molecule has 1 aliphatic heterocycles. The topological polar surface area (TPSA) is 147 Å². The van der Waals surface area contributed by atoms with Crippen LogP contribution in [0.3, 0.4) is 0 Å². The Labute approximate surface area is 341 Å². The van der Waals surface area contributed by atoms with Gasteiger partial charge in [-0.3, -0.25) is 4.79 Å². The fraction of sp³-hybridized carbons (Fsp3) is 0.400. The van der Waals surface area contributed by atoms with E-state index < -0.39 is 56.3 Å². The van der Waals surface area contributed by atoms with Gasteiger partial charge >= 0.3 is 12.1 Å². The van der Waals surface area contributed by atoms with Gasteiger partial charge in [-0.15, -0.1) is 0 Å². The van der Waals surface area contributed by atoms with Gasteiger partial charge in [-0.2, -0.15) is 0 Å². The first-order chi connectivity index (χ1) is 27.4. The number of benzene rings is 4. The molecule has 0 aliphatic carbocycles. The molecule has 2 atom stereocenters. The summed E-state index contributed by atoms with van der Waals surface area (Å²) in [6.07, 6.45) is -0.813. The number of hydrogen-bond acceptors (Lipinski definition) is 10. The number of sulfone groups is 1. The molecule has 2 amide bonds. The Hall–Kier alpha value is -5.56. The Morgan fingerprint density at radius 3 is 1.97 bits per heavy atom. The quantitative estimate of drug-likeness (QED) is 0.134. The van der Waals surface area contributed by atoms with E-state index in [4.69, 9.17) is 23.7 Å². The third-order valence-corrected chi connectivity index (χ3v) is 12.0. The number of amides is 2. The van der Waals surface area contributed by atoms with Crippen LogP contribution in [0.2, 0.25) is 0 Å². The van der Waals surface area contributed by atoms with E-state index in [-0.39, 0.29) is 37.3 Å². The molecule has 0 aromatic heterocycles. The molecule has 1 fully saturated rings. The summed E-state index contributed by atoms with van der Waals surface area (Å²) in [5.41, 5.74) is 0.987. The second-order valence-electron chi connectivity index (χ2n) is 16.2. The minimum Gasteiger partial charge on any atom is -0.496 e. The highest BCUT2D eigenvalue weighted by Gasteiger charge is 2.55. The molecule has 0 spiro atoms. The lowest BCUT2D eigenvalue weighted by Gasteiger charge is -2.41. The van der Waals surface area contributed by atoms with Gasteiger partial charge in [0.25, 0.3) is 0 Å². The maximum atomic E-state index is 14.9. The summed E-state index contributed by atoms with van der Waals surface area (Å²) in [6.45, 7) is 10.1. The number of nitrogens with zero attached hydrogens (tertiary/aromatic N) is 1. The Morgan fingerprint density at radius 2 is 1.38 bits per heavy atom. The van der Waals surface area contributed by atoms with Crippen LogP contribution in [0, 0.1) is 0 Å². The number of hydrogen-bond donors (Lipinski definition) is 1. The molecule has 1 unspecified atom stereocenters. The highest BCUT2D eigenvalue weighted by atomic mass is 32.2. The van der Waals surface area contributed by atoms with Crippen molar-refractivity contribution in [1.29, 1.82) is 0 Å². The maximum absolute atomic E-state index is 14.9. The zero-order chi connectivity index (χ0) is 42.3. The summed E-state index contributed by atoms with van der Waals surface area (Å²) in [5.74, 6) is -0.187. The first-order valence-electron chi connectivity index (χ1n) is 19.2. The van der Waals surface area contributed by atoms with Crippen LogP contribution in [-0.2, 0) is 41.9 Å². The Balaban J connectivity index is 1.60. The highest BCUT2D eigenvalue weighted by molar-refractivity contribution is 7.93. The zero-order valence-corrected chi connectivity index (χ0v) is 35.3. The Bertz CT molecular complexity index is 2160. The number of methoxy groups -OCH3 is 2. The maximum Gasteiger partial charge on any atom is 0.410 e. The van der Waals surface area contributed by atoms with Gasteiger partial charge in [0, 0.05) is 13.0 Å². The van der Waals surface area contributed by atoms with Gasteiger partial charge in [-0.1, -0.05) is 66.7 Å². The van der Waals surface area contributed by atoms with Gasteiger partial charge < -0.3 is 33.9 Å². The van der Waals surface area contributed by atoms with Crippen molar-refractivity contribution in [2.45, 2.75) is 94.3 Å². The fourth-order valence-electron chi connectivity index (χ4n) is 6.82. The van der Waals surface area contributed by atoms with Gasteiger partial charge in [0.15, 0.2) is 14.6 Å². The standard InChI is InChI=1S/C45H54N2O10S/c1-43(2,3)56-40(48)35(46-41(49)45(58(51,52)34-19-13-10-14-20-34)25-16-26-47(30-45)42(50)57-44(4,5)6)27-32-23-24-33(39-36(53-7)21-15-22-37(39)54-8)28-38(32)55-29-31-17-11-9-12-18-31/h9-15,17-24,28,35H,16,25-27,29-30H2,1-8H3,(H,46,49)/t35-,45?/m0/s1. The van der Waals surface area contributed by atoms with Crippen LogP contribution < -0.4 is 19.5 Å². The van der Waals surface area contributed by atoms with Crippen molar-refractivity contribution in [3.8, 4) is 28.4 Å². The lowest BCUT2D eigenvalue weighted by molar-refractivity contribution is -0.158. The van der Waals surface area contributed by atoms with E-state index in [1.165, 1.54) is 17.0 Å². The molecule has 58 heavy (non-hydrogen) atoms. The summed E-state index contributed by atoms with van der Waals surface area (Å²) in [6, 6.07) is 26.7. The summed E-state index contributed by atoms with van der Waals surface area (Å²) in [7, 11) is -1.34. The van der Waals surface area contributed by atoms with E-state index in [9.17, 15) is 22.8 Å². The molecule has 0 saturated carbocycles. The number of piperidine rings is 1.